The van der Waals surface area contributed by atoms with Gasteiger partial charge < -0.3 is 5.73 Å². The maximum atomic E-state index is 5.59. The van der Waals surface area contributed by atoms with Crippen LogP contribution in [-0.2, 0) is 6.42 Å². The summed E-state index contributed by atoms with van der Waals surface area (Å²) in [6.45, 7) is 2.16. The molecular formula is C13H14N2S. The number of rotatable bonds is 3. The lowest BCUT2D eigenvalue weighted by molar-refractivity contribution is 1.12. The van der Waals surface area contributed by atoms with Gasteiger partial charge in [0.2, 0.25) is 0 Å². The maximum absolute atomic E-state index is 5.59. The number of aromatic nitrogens is 1. The first-order valence-electron chi connectivity index (χ1n) is 5.26. The van der Waals surface area contributed by atoms with Crippen LogP contribution in [-0.4, -0.2) is 4.98 Å². The number of hydrogen-bond acceptors (Lipinski definition) is 3. The molecule has 3 heteroatoms. The Morgan fingerprint density at radius 3 is 2.44 bits per heavy atom. The Labute approximate surface area is 99.9 Å². The van der Waals surface area contributed by atoms with Crippen molar-refractivity contribution in [3.63, 3.8) is 0 Å². The van der Waals surface area contributed by atoms with Gasteiger partial charge in [-0.25, -0.2) is 4.98 Å². The van der Waals surface area contributed by atoms with Gasteiger partial charge in [0.1, 0.15) is 5.03 Å². The number of hydrogen-bond donors (Lipinski definition) is 1. The average molecular weight is 230 g/mol. The summed E-state index contributed by atoms with van der Waals surface area (Å²) >= 11 is 1.65. The van der Waals surface area contributed by atoms with Crippen LogP contribution in [0.2, 0.25) is 0 Å². The second kappa shape index (κ2) is 5.03. The lowest BCUT2D eigenvalue weighted by atomic mass is 10.2. The first-order chi connectivity index (χ1) is 7.78. The van der Waals surface area contributed by atoms with Gasteiger partial charge in [-0.2, -0.15) is 0 Å². The smallest absolute Gasteiger partial charge is 0.101 e. The fraction of sp³-hybridized carbons (Fsp3) is 0.154. The SMILES string of the molecule is CCc1ccc(Sc2ccc(N)cn2)cc1. The topological polar surface area (TPSA) is 38.9 Å². The fourth-order valence-corrected chi connectivity index (χ4v) is 2.12. The van der Waals surface area contributed by atoms with E-state index in [-0.39, 0.29) is 0 Å². The maximum Gasteiger partial charge on any atom is 0.101 e. The zero-order chi connectivity index (χ0) is 11.4. The molecule has 2 aromatic rings. The Balaban J connectivity index is 2.11. The van der Waals surface area contributed by atoms with E-state index in [9.17, 15) is 0 Å². The van der Waals surface area contributed by atoms with Gasteiger partial charge >= 0.3 is 0 Å². The van der Waals surface area contributed by atoms with Gasteiger partial charge in [0, 0.05) is 4.90 Å². The molecule has 0 radical (unpaired) electrons. The van der Waals surface area contributed by atoms with Crippen molar-refractivity contribution in [1.29, 1.82) is 0 Å². The lowest BCUT2D eigenvalue weighted by Gasteiger charge is -2.02. The molecule has 1 heterocycles. The highest BCUT2D eigenvalue weighted by Gasteiger charge is 1.98. The molecule has 0 aliphatic carbocycles. The zero-order valence-electron chi connectivity index (χ0n) is 9.18. The molecule has 0 aliphatic rings. The summed E-state index contributed by atoms with van der Waals surface area (Å²) in [5.41, 5.74) is 7.64. The molecule has 0 amide bonds. The van der Waals surface area contributed by atoms with E-state index in [4.69, 9.17) is 5.73 Å². The van der Waals surface area contributed by atoms with Gasteiger partial charge in [0.05, 0.1) is 11.9 Å². The predicted octanol–water partition coefficient (Wildman–Crippen LogP) is 3.38. The minimum atomic E-state index is 0.700. The van der Waals surface area contributed by atoms with Gasteiger partial charge in [-0.15, -0.1) is 0 Å². The molecule has 0 saturated carbocycles. The Morgan fingerprint density at radius 2 is 1.88 bits per heavy atom. The van der Waals surface area contributed by atoms with Gasteiger partial charge in [-0.1, -0.05) is 30.8 Å². The average Bonchev–Trinajstić information content (AvgIpc) is 2.33. The number of nitrogen functional groups attached to an aromatic ring is 1. The largest absolute Gasteiger partial charge is 0.397 e. The monoisotopic (exact) mass is 230 g/mol. The van der Waals surface area contributed by atoms with Crippen LogP contribution in [0.5, 0.6) is 0 Å². The van der Waals surface area contributed by atoms with Crippen molar-refractivity contribution in [3.05, 3.63) is 48.2 Å². The third-order valence-electron chi connectivity index (χ3n) is 2.31. The Hall–Kier alpha value is -1.48. The Kier molecular flexibility index (Phi) is 3.47. The third kappa shape index (κ3) is 2.76. The summed E-state index contributed by atoms with van der Waals surface area (Å²) in [6, 6.07) is 12.4. The van der Waals surface area contributed by atoms with Crippen molar-refractivity contribution in [2.45, 2.75) is 23.3 Å². The predicted molar refractivity (Wildman–Crippen MR) is 68.6 cm³/mol. The summed E-state index contributed by atoms with van der Waals surface area (Å²) in [7, 11) is 0. The number of anilines is 1. The zero-order valence-corrected chi connectivity index (χ0v) is 10.00. The van der Waals surface area contributed by atoms with E-state index in [0.29, 0.717) is 5.69 Å². The van der Waals surface area contributed by atoms with Crippen molar-refractivity contribution in [3.8, 4) is 0 Å². The van der Waals surface area contributed by atoms with Crippen LogP contribution in [0.25, 0.3) is 0 Å². The number of nitrogens with two attached hydrogens (primary N) is 1. The summed E-state index contributed by atoms with van der Waals surface area (Å²) in [5, 5.41) is 0.971. The van der Waals surface area contributed by atoms with Gasteiger partial charge in [-0.05, 0) is 36.2 Å². The van der Waals surface area contributed by atoms with Gasteiger partial charge in [0.25, 0.3) is 0 Å². The molecule has 2 rings (SSSR count). The van der Waals surface area contributed by atoms with Crippen LogP contribution in [0.15, 0.2) is 52.5 Å². The summed E-state index contributed by atoms with van der Waals surface area (Å²) in [6.07, 6.45) is 2.76. The Bertz CT molecular complexity index is 448. The number of nitrogens with zero attached hydrogens (tertiary/aromatic N) is 1. The number of aryl methyl sites for hydroxylation is 1. The quantitative estimate of drug-likeness (QED) is 0.878. The highest BCUT2D eigenvalue weighted by atomic mass is 32.2. The van der Waals surface area contributed by atoms with Crippen LogP contribution in [0.3, 0.4) is 0 Å². The molecule has 1 aromatic heterocycles. The molecule has 16 heavy (non-hydrogen) atoms. The standard InChI is InChI=1S/C13H14N2S/c1-2-10-3-6-12(7-4-10)16-13-8-5-11(14)9-15-13/h3-9H,2,14H2,1H3. The van der Waals surface area contributed by atoms with Crippen molar-refractivity contribution in [2.75, 3.05) is 5.73 Å². The summed E-state index contributed by atoms with van der Waals surface area (Å²) in [4.78, 5) is 5.46. The molecule has 0 saturated heterocycles. The Morgan fingerprint density at radius 1 is 1.12 bits per heavy atom. The first kappa shape index (κ1) is 11.0. The minimum Gasteiger partial charge on any atom is -0.397 e. The molecule has 0 bridgehead atoms. The number of pyridine rings is 1. The van der Waals surface area contributed by atoms with E-state index in [1.165, 1.54) is 10.5 Å². The molecular weight excluding hydrogens is 216 g/mol. The van der Waals surface area contributed by atoms with Crippen molar-refractivity contribution < 1.29 is 0 Å². The molecule has 2 N–H and O–H groups in total. The van der Waals surface area contributed by atoms with Crippen molar-refractivity contribution >= 4 is 17.4 Å². The summed E-state index contributed by atoms with van der Waals surface area (Å²) < 4.78 is 0. The third-order valence-corrected chi connectivity index (χ3v) is 3.27. The number of benzene rings is 1. The van der Waals surface area contributed by atoms with E-state index < -0.39 is 0 Å². The second-order valence-corrected chi connectivity index (χ2v) is 4.62. The van der Waals surface area contributed by atoms with E-state index >= 15 is 0 Å². The fourth-order valence-electron chi connectivity index (χ4n) is 1.37. The minimum absolute atomic E-state index is 0.700. The highest BCUT2D eigenvalue weighted by molar-refractivity contribution is 7.99. The van der Waals surface area contributed by atoms with E-state index in [2.05, 4.69) is 36.2 Å². The van der Waals surface area contributed by atoms with Crippen LogP contribution in [0.1, 0.15) is 12.5 Å². The summed E-state index contributed by atoms with van der Waals surface area (Å²) in [5.74, 6) is 0. The van der Waals surface area contributed by atoms with Crippen LogP contribution in [0.4, 0.5) is 5.69 Å². The lowest BCUT2D eigenvalue weighted by Crippen LogP contribution is -1.86. The molecule has 82 valence electrons. The van der Waals surface area contributed by atoms with Crippen LogP contribution >= 0.6 is 11.8 Å². The highest BCUT2D eigenvalue weighted by Crippen LogP contribution is 2.26. The molecule has 0 aliphatic heterocycles. The van der Waals surface area contributed by atoms with Gasteiger partial charge in [-0.3, -0.25) is 0 Å². The van der Waals surface area contributed by atoms with Crippen LogP contribution in [0, 0.1) is 0 Å². The van der Waals surface area contributed by atoms with E-state index in [1.54, 1.807) is 18.0 Å². The molecule has 0 unspecified atom stereocenters. The first-order valence-corrected chi connectivity index (χ1v) is 6.08. The molecule has 0 spiro atoms. The molecule has 0 atom stereocenters. The second-order valence-electron chi connectivity index (χ2n) is 3.53. The van der Waals surface area contributed by atoms with E-state index in [0.717, 1.165) is 11.4 Å². The van der Waals surface area contributed by atoms with Crippen molar-refractivity contribution in [2.24, 2.45) is 0 Å². The van der Waals surface area contributed by atoms with E-state index in [1.807, 2.05) is 12.1 Å². The van der Waals surface area contributed by atoms with Crippen molar-refractivity contribution in [1.82, 2.24) is 4.98 Å². The molecule has 0 fully saturated rings. The normalized spacial score (nSPS) is 10.3. The molecule has 1 aromatic carbocycles. The van der Waals surface area contributed by atoms with Gasteiger partial charge in [0.15, 0.2) is 0 Å². The molecule has 2 nitrogen and oxygen atoms in total. The van der Waals surface area contributed by atoms with Crippen LogP contribution < -0.4 is 5.73 Å².